The number of aryl methyl sites for hydroxylation is 1. The second-order valence-electron chi connectivity index (χ2n) is 8.61. The highest BCUT2D eigenvalue weighted by Gasteiger charge is 2.20. The molecule has 3 aromatic rings. The van der Waals surface area contributed by atoms with Crippen LogP contribution in [0.2, 0.25) is 5.02 Å². The number of carboxylic acid groups (broad SMARTS) is 1. The van der Waals surface area contributed by atoms with E-state index in [1.165, 1.54) is 0 Å². The van der Waals surface area contributed by atoms with Crippen LogP contribution in [-0.4, -0.2) is 64.9 Å². The van der Waals surface area contributed by atoms with Crippen LogP contribution in [0.3, 0.4) is 0 Å². The minimum absolute atomic E-state index is 0.0246. The molecule has 2 aromatic carbocycles. The first-order chi connectivity index (χ1) is 17.7. The number of carbonyl (C=O) groups is 3. The van der Waals surface area contributed by atoms with Gasteiger partial charge < -0.3 is 26.4 Å². The van der Waals surface area contributed by atoms with Crippen LogP contribution in [0.15, 0.2) is 41.5 Å². The van der Waals surface area contributed by atoms with Crippen molar-refractivity contribution < 1.29 is 23.9 Å². The molecule has 2 heterocycles. The van der Waals surface area contributed by atoms with Crippen LogP contribution in [0.5, 0.6) is 0 Å². The molecule has 0 saturated heterocycles. The van der Waals surface area contributed by atoms with Gasteiger partial charge in [0.15, 0.2) is 5.96 Å². The van der Waals surface area contributed by atoms with Crippen LogP contribution in [0.1, 0.15) is 33.9 Å². The molecule has 6 N–H and O–H groups in total. The summed E-state index contributed by atoms with van der Waals surface area (Å²) in [7, 11) is 0. The Morgan fingerprint density at radius 1 is 1.24 bits per heavy atom. The number of amides is 2. The Kier molecular flexibility index (Phi) is 7.87. The quantitative estimate of drug-likeness (QED) is 0.261. The number of guanidine groups is 1. The lowest BCUT2D eigenvalue weighted by molar-refractivity contribution is -0.137. The number of hydrogen-bond acceptors (Lipinski definition) is 7. The number of H-pyrrole nitrogens is 1. The van der Waals surface area contributed by atoms with Crippen molar-refractivity contribution in [2.24, 2.45) is 4.99 Å². The standard InChI is InChI=1S/C24H25ClFN7O4/c1-12-2-13(4-15(25)3-12)18(7-22(35)36)31-21(34)11-27-23(37)14-5-19(17-10-30-33-20(17)6-14)32-24-28-8-16(26)9-29-24/h2-6,10,16,18H,7-9,11H2,1H3,(H,27,37)(H,30,33)(H,31,34)(H,35,36)(H2,28,29,32)/t18-/m0/s1. The fraction of sp³-hybridized carbons (Fsp3) is 0.292. The van der Waals surface area contributed by atoms with Crippen LogP contribution in [0.4, 0.5) is 10.1 Å². The molecule has 0 aliphatic carbocycles. The number of aromatic amines is 1. The number of carbonyl (C=O) groups excluding carboxylic acids is 2. The first-order valence-corrected chi connectivity index (χ1v) is 11.8. The molecule has 0 spiro atoms. The first kappa shape index (κ1) is 25.9. The van der Waals surface area contributed by atoms with E-state index in [9.17, 15) is 23.9 Å². The van der Waals surface area contributed by atoms with Crippen molar-refractivity contribution in [3.63, 3.8) is 0 Å². The normalized spacial score (nSPS) is 15.9. The number of rotatable bonds is 8. The molecular weight excluding hydrogens is 505 g/mol. The van der Waals surface area contributed by atoms with Crippen molar-refractivity contribution in [1.29, 1.82) is 0 Å². The van der Waals surface area contributed by atoms with Crippen LogP contribution >= 0.6 is 11.6 Å². The molecule has 2 amide bonds. The molecular formula is C24H25ClFN7O4. The van der Waals surface area contributed by atoms with E-state index in [-0.39, 0.29) is 31.6 Å². The maximum absolute atomic E-state index is 13.4. The number of aromatic nitrogens is 2. The lowest BCUT2D eigenvalue weighted by atomic mass is 10.0. The molecule has 1 aliphatic heterocycles. The number of nitrogens with zero attached hydrogens (tertiary/aromatic N) is 2. The van der Waals surface area contributed by atoms with Gasteiger partial charge in [-0.2, -0.15) is 5.10 Å². The smallest absolute Gasteiger partial charge is 0.305 e. The summed E-state index contributed by atoms with van der Waals surface area (Å²) in [5.41, 5.74) is 2.68. The van der Waals surface area contributed by atoms with Crippen LogP contribution in [-0.2, 0) is 9.59 Å². The molecule has 0 bridgehead atoms. The highest BCUT2D eigenvalue weighted by molar-refractivity contribution is 6.30. The summed E-state index contributed by atoms with van der Waals surface area (Å²) in [5.74, 6) is -1.84. The molecule has 0 fully saturated rings. The Balaban J connectivity index is 1.44. The van der Waals surface area contributed by atoms with Gasteiger partial charge in [0, 0.05) is 16.0 Å². The lowest BCUT2D eigenvalue weighted by Gasteiger charge is -2.19. The minimum atomic E-state index is -1.10. The lowest BCUT2D eigenvalue weighted by Crippen LogP contribution is -2.41. The Bertz CT molecular complexity index is 1360. The number of aliphatic imine (C=N–C) groups is 1. The predicted molar refractivity (Wildman–Crippen MR) is 137 cm³/mol. The summed E-state index contributed by atoms with van der Waals surface area (Å²) in [6.45, 7) is 1.57. The van der Waals surface area contributed by atoms with Crippen molar-refractivity contribution in [2.45, 2.75) is 25.6 Å². The van der Waals surface area contributed by atoms with Gasteiger partial charge in [-0.3, -0.25) is 19.5 Å². The van der Waals surface area contributed by atoms with Gasteiger partial charge in [0.25, 0.3) is 5.91 Å². The molecule has 2 atom stereocenters. The third-order valence-corrected chi connectivity index (χ3v) is 5.82. The zero-order valence-corrected chi connectivity index (χ0v) is 20.5. The van der Waals surface area contributed by atoms with Crippen LogP contribution < -0.4 is 21.3 Å². The second kappa shape index (κ2) is 11.2. The summed E-state index contributed by atoms with van der Waals surface area (Å²) < 4.78 is 13.4. The fourth-order valence-electron chi connectivity index (χ4n) is 3.92. The van der Waals surface area contributed by atoms with E-state index in [1.807, 2.05) is 6.92 Å². The van der Waals surface area contributed by atoms with E-state index in [4.69, 9.17) is 11.6 Å². The van der Waals surface area contributed by atoms with Gasteiger partial charge in [0.2, 0.25) is 5.91 Å². The molecule has 1 aromatic heterocycles. The molecule has 0 radical (unpaired) electrons. The maximum atomic E-state index is 13.4. The predicted octanol–water partition coefficient (Wildman–Crippen LogP) is 2.30. The van der Waals surface area contributed by atoms with Crippen LogP contribution in [0.25, 0.3) is 10.9 Å². The number of anilines is 1. The van der Waals surface area contributed by atoms with E-state index in [0.717, 1.165) is 5.56 Å². The van der Waals surface area contributed by atoms with Crippen molar-refractivity contribution in [3.05, 3.63) is 58.2 Å². The van der Waals surface area contributed by atoms with E-state index in [1.54, 1.807) is 36.5 Å². The second-order valence-corrected chi connectivity index (χ2v) is 9.05. The molecule has 1 unspecified atom stereocenters. The molecule has 0 saturated carbocycles. The highest BCUT2D eigenvalue weighted by atomic mass is 35.5. The molecule has 11 nitrogen and oxygen atoms in total. The summed E-state index contributed by atoms with van der Waals surface area (Å²) in [5, 5.41) is 28.3. The number of hydrogen-bond donors (Lipinski definition) is 6. The number of halogens is 2. The number of carboxylic acids is 1. The van der Waals surface area contributed by atoms with E-state index in [0.29, 0.717) is 33.1 Å². The average Bonchev–Trinajstić information content (AvgIpc) is 3.32. The molecule has 194 valence electrons. The molecule has 4 rings (SSSR count). The van der Waals surface area contributed by atoms with E-state index >= 15 is 0 Å². The van der Waals surface area contributed by atoms with E-state index in [2.05, 4.69) is 36.5 Å². The number of benzene rings is 2. The van der Waals surface area contributed by atoms with Crippen LogP contribution in [0, 0.1) is 6.92 Å². The van der Waals surface area contributed by atoms with Gasteiger partial charge in [-0.25, -0.2) is 9.38 Å². The third kappa shape index (κ3) is 6.73. The van der Waals surface area contributed by atoms with E-state index < -0.39 is 30.0 Å². The van der Waals surface area contributed by atoms with Gasteiger partial charge in [-0.1, -0.05) is 17.7 Å². The minimum Gasteiger partial charge on any atom is -0.481 e. The molecule has 1 aliphatic rings. The van der Waals surface area contributed by atoms with Gasteiger partial charge in [0.1, 0.15) is 6.17 Å². The summed E-state index contributed by atoms with van der Waals surface area (Å²) >= 11 is 6.09. The van der Waals surface area contributed by atoms with Gasteiger partial charge in [-0.15, -0.1) is 0 Å². The third-order valence-electron chi connectivity index (χ3n) is 5.60. The summed E-state index contributed by atoms with van der Waals surface area (Å²) in [6.07, 6.45) is 0.154. The maximum Gasteiger partial charge on any atom is 0.305 e. The van der Waals surface area contributed by atoms with Crippen molar-refractivity contribution in [3.8, 4) is 0 Å². The number of alkyl halides is 1. The topological polar surface area (TPSA) is 161 Å². The SMILES string of the molecule is Cc1cc(Cl)cc([C@H](CC(=O)O)NC(=O)CNC(=O)c2cc(NC3=NCC(F)CN3)c3cn[nH]c3c2)c1. The molecule has 37 heavy (non-hydrogen) atoms. The summed E-state index contributed by atoms with van der Waals surface area (Å²) in [6, 6.07) is 7.37. The number of nitrogens with one attached hydrogen (secondary N) is 5. The number of fused-ring (bicyclic) bond motifs is 1. The zero-order valence-electron chi connectivity index (χ0n) is 19.8. The Morgan fingerprint density at radius 2 is 2.05 bits per heavy atom. The average molecular weight is 530 g/mol. The molecule has 13 heteroatoms. The first-order valence-electron chi connectivity index (χ1n) is 11.4. The van der Waals surface area contributed by atoms with Crippen molar-refractivity contribution in [1.82, 2.24) is 26.1 Å². The monoisotopic (exact) mass is 529 g/mol. The van der Waals surface area contributed by atoms with Crippen molar-refractivity contribution in [2.75, 3.05) is 25.0 Å². The highest BCUT2D eigenvalue weighted by Crippen LogP contribution is 2.25. The van der Waals surface area contributed by atoms with Gasteiger partial charge >= 0.3 is 5.97 Å². The number of aliphatic carboxylic acids is 1. The summed E-state index contributed by atoms with van der Waals surface area (Å²) in [4.78, 5) is 40.9. The van der Waals surface area contributed by atoms with Gasteiger partial charge in [-0.05, 0) is 42.3 Å². The van der Waals surface area contributed by atoms with Crippen molar-refractivity contribution >= 4 is 51.9 Å². The Labute approximate surface area is 215 Å². The Hall–Kier alpha value is -4.19. The zero-order chi connectivity index (χ0) is 26.5. The Morgan fingerprint density at radius 3 is 2.76 bits per heavy atom. The fourth-order valence-corrected chi connectivity index (χ4v) is 4.21. The largest absolute Gasteiger partial charge is 0.481 e. The van der Waals surface area contributed by atoms with Gasteiger partial charge in [0.05, 0.1) is 49.5 Å².